The number of halogens is 10. The average molecular weight is 580 g/mol. The van der Waals surface area contributed by atoms with Crippen molar-refractivity contribution in [1.82, 2.24) is 0 Å². The van der Waals surface area contributed by atoms with Crippen LogP contribution in [-0.4, -0.2) is 42.2 Å². The summed E-state index contributed by atoms with van der Waals surface area (Å²) in [6.45, 7) is 3.59. The molecule has 14 heteroatoms. The van der Waals surface area contributed by atoms with Crippen LogP contribution < -0.4 is 0 Å². The lowest BCUT2D eigenvalue weighted by Crippen LogP contribution is -2.58. The minimum Gasteiger partial charge on any atom is -0.457 e. The number of esters is 2. The van der Waals surface area contributed by atoms with E-state index in [1.54, 1.807) is 6.92 Å². The van der Waals surface area contributed by atoms with E-state index in [1.165, 1.54) is 12.2 Å². The lowest BCUT2D eigenvalue weighted by Gasteiger charge is -2.57. The second-order valence-corrected chi connectivity index (χ2v) is 11.4. The zero-order valence-corrected chi connectivity index (χ0v) is 20.8. The molecule has 3 fully saturated rings. The van der Waals surface area contributed by atoms with Gasteiger partial charge in [-0.1, -0.05) is 19.4 Å². The molecule has 4 rings (SSSR count). The summed E-state index contributed by atoms with van der Waals surface area (Å²) in [5.74, 6) is -18.4. The summed E-state index contributed by atoms with van der Waals surface area (Å²) in [5, 5.41) is 0. The highest BCUT2D eigenvalue weighted by Gasteiger charge is 2.77. The van der Waals surface area contributed by atoms with Crippen molar-refractivity contribution in [2.45, 2.75) is 89.1 Å². The van der Waals surface area contributed by atoms with Crippen molar-refractivity contribution in [3.63, 3.8) is 0 Å². The molecule has 0 aromatic heterocycles. The van der Waals surface area contributed by atoms with Gasteiger partial charge in [-0.05, 0) is 80.3 Å². The third-order valence-electron chi connectivity index (χ3n) is 9.39. The Morgan fingerprint density at radius 3 is 2.10 bits per heavy atom. The molecular formula is C25H26F10O4. The molecule has 4 aliphatic rings. The number of allylic oxidation sites excluding steroid dienone is 3. The van der Waals surface area contributed by atoms with Crippen LogP contribution in [0, 0.1) is 28.6 Å². The maximum atomic E-state index is 13.9. The molecule has 0 amide bonds. The predicted octanol–water partition coefficient (Wildman–Crippen LogP) is 7.29. The molecule has 0 N–H and O–H groups in total. The van der Waals surface area contributed by atoms with Gasteiger partial charge in [0.25, 0.3) is 0 Å². The van der Waals surface area contributed by atoms with Gasteiger partial charge in [-0.15, -0.1) is 0 Å². The smallest absolute Gasteiger partial charge is 0.457 e. The molecule has 0 aliphatic heterocycles. The second kappa shape index (κ2) is 9.12. The van der Waals surface area contributed by atoms with E-state index in [2.05, 4.69) is 9.47 Å². The zero-order chi connectivity index (χ0) is 29.4. The number of hydrogen-bond acceptors (Lipinski definition) is 4. The van der Waals surface area contributed by atoms with E-state index in [1.807, 2.05) is 6.92 Å². The molecule has 3 unspecified atom stereocenters. The van der Waals surface area contributed by atoms with Gasteiger partial charge in [-0.3, -0.25) is 0 Å². The highest BCUT2D eigenvalue weighted by Crippen LogP contribution is 2.66. The standard InChI is InChI=1S/C25H26F10O4/c1-20-9-7-13(38-19(37)23(28,29)30)11-12(20)3-4-14-15-5-6-17(21(15,2)10-8-16(14)20)39-18(36)22(26,27)24(31,32)25(33,34)35/h7,11,14-17H,3-6,8-10H2,1-2H3/t14?,15?,16?,17-,20-,21-/m0/s1. The Hall–Kier alpha value is -2.28. The third-order valence-corrected chi connectivity index (χ3v) is 9.39. The van der Waals surface area contributed by atoms with E-state index in [4.69, 9.17) is 0 Å². The lowest BCUT2D eigenvalue weighted by molar-refractivity contribution is -0.349. The lowest BCUT2D eigenvalue weighted by atomic mass is 9.48. The molecule has 0 saturated heterocycles. The molecular weight excluding hydrogens is 554 g/mol. The monoisotopic (exact) mass is 580 g/mol. The summed E-state index contributed by atoms with van der Waals surface area (Å²) in [4.78, 5) is 23.2. The van der Waals surface area contributed by atoms with E-state index in [9.17, 15) is 53.5 Å². The van der Waals surface area contributed by atoms with E-state index in [0.29, 0.717) is 32.1 Å². The summed E-state index contributed by atoms with van der Waals surface area (Å²) in [5.41, 5.74) is -0.639. The topological polar surface area (TPSA) is 52.6 Å². The molecule has 0 bridgehead atoms. The maximum absolute atomic E-state index is 13.9. The van der Waals surface area contributed by atoms with Crippen molar-refractivity contribution in [1.29, 1.82) is 0 Å². The number of rotatable bonds is 4. The summed E-state index contributed by atoms with van der Waals surface area (Å²) in [7, 11) is 0. The molecule has 39 heavy (non-hydrogen) atoms. The SMILES string of the molecule is C[C@]12CC=C(OC(=O)C(F)(F)F)C=C1CCC1C2CC[C@@]2(C)C1CC[C@@H]2OC(=O)C(F)(F)C(F)(F)C(F)(F)F. The molecule has 0 heterocycles. The van der Waals surface area contributed by atoms with Crippen molar-refractivity contribution in [3.8, 4) is 0 Å². The van der Waals surface area contributed by atoms with Crippen LogP contribution in [0.15, 0.2) is 23.5 Å². The van der Waals surface area contributed by atoms with Crippen LogP contribution in [0.3, 0.4) is 0 Å². The molecule has 3 saturated carbocycles. The molecule has 0 radical (unpaired) electrons. The van der Waals surface area contributed by atoms with Gasteiger partial charge in [0.2, 0.25) is 0 Å². The third kappa shape index (κ3) is 4.62. The first kappa shape index (κ1) is 29.7. The van der Waals surface area contributed by atoms with Gasteiger partial charge in [0, 0.05) is 5.41 Å². The fraction of sp³-hybridized carbons (Fsp3) is 0.760. The number of ether oxygens (including phenoxy) is 2. The second-order valence-electron chi connectivity index (χ2n) is 11.4. The van der Waals surface area contributed by atoms with Crippen molar-refractivity contribution < 1.29 is 63.0 Å². The van der Waals surface area contributed by atoms with Crippen molar-refractivity contribution in [2.75, 3.05) is 0 Å². The number of alkyl halides is 10. The highest BCUT2D eigenvalue weighted by molar-refractivity contribution is 5.79. The van der Waals surface area contributed by atoms with Crippen LogP contribution in [-0.2, 0) is 19.1 Å². The Morgan fingerprint density at radius 2 is 1.51 bits per heavy atom. The number of carbonyl (C=O) groups excluding carboxylic acids is 2. The van der Waals surface area contributed by atoms with Gasteiger partial charge in [0.1, 0.15) is 11.9 Å². The fourth-order valence-corrected chi connectivity index (χ4v) is 7.28. The Bertz CT molecular complexity index is 1090. The molecule has 0 aromatic rings. The van der Waals surface area contributed by atoms with E-state index in [0.717, 1.165) is 5.57 Å². The van der Waals surface area contributed by atoms with Crippen molar-refractivity contribution in [3.05, 3.63) is 23.5 Å². The van der Waals surface area contributed by atoms with E-state index in [-0.39, 0.29) is 36.4 Å². The minimum absolute atomic E-state index is 0.0145. The predicted molar refractivity (Wildman–Crippen MR) is 113 cm³/mol. The fourth-order valence-electron chi connectivity index (χ4n) is 7.28. The summed E-state index contributed by atoms with van der Waals surface area (Å²) in [6, 6.07) is 0. The molecule has 4 nitrogen and oxygen atoms in total. The molecule has 4 aliphatic carbocycles. The normalized spacial score (nSPS) is 35.2. The Kier molecular flexibility index (Phi) is 6.94. The summed E-state index contributed by atoms with van der Waals surface area (Å²) >= 11 is 0. The molecule has 0 spiro atoms. The highest BCUT2D eigenvalue weighted by atomic mass is 19.4. The van der Waals surface area contributed by atoms with Crippen molar-refractivity contribution in [2.24, 2.45) is 28.6 Å². The quantitative estimate of drug-likeness (QED) is 0.259. The molecule has 220 valence electrons. The van der Waals surface area contributed by atoms with E-state index >= 15 is 0 Å². The summed E-state index contributed by atoms with van der Waals surface area (Å²) < 4.78 is 139. The zero-order valence-electron chi connectivity index (χ0n) is 20.8. The number of hydrogen-bond donors (Lipinski definition) is 0. The van der Waals surface area contributed by atoms with Gasteiger partial charge in [-0.25, -0.2) is 9.59 Å². The summed E-state index contributed by atoms with van der Waals surface area (Å²) in [6.07, 6.45) is -7.83. The number of fused-ring (bicyclic) bond motifs is 5. The minimum atomic E-state index is -6.65. The average Bonchev–Trinajstić information content (AvgIpc) is 3.13. The van der Waals surface area contributed by atoms with Crippen LogP contribution >= 0.6 is 0 Å². The van der Waals surface area contributed by atoms with Crippen LogP contribution in [0.2, 0.25) is 0 Å². The first-order valence-corrected chi connectivity index (χ1v) is 12.4. The van der Waals surface area contributed by atoms with Gasteiger partial charge < -0.3 is 9.47 Å². The van der Waals surface area contributed by atoms with Crippen LogP contribution in [0.25, 0.3) is 0 Å². The van der Waals surface area contributed by atoms with Gasteiger partial charge in [-0.2, -0.15) is 43.9 Å². The molecule has 6 atom stereocenters. The van der Waals surface area contributed by atoms with Gasteiger partial charge in [0.05, 0.1) is 0 Å². The van der Waals surface area contributed by atoms with Crippen molar-refractivity contribution >= 4 is 11.9 Å². The number of carbonyl (C=O) groups is 2. The van der Waals surface area contributed by atoms with E-state index < -0.39 is 53.1 Å². The first-order chi connectivity index (χ1) is 17.7. The van der Waals surface area contributed by atoms with Crippen LogP contribution in [0.4, 0.5) is 43.9 Å². The Labute approximate surface area is 216 Å². The first-order valence-electron chi connectivity index (χ1n) is 12.4. The van der Waals surface area contributed by atoms with Gasteiger partial charge >= 0.3 is 36.1 Å². The molecule has 0 aromatic carbocycles. The van der Waals surface area contributed by atoms with Crippen LogP contribution in [0.1, 0.15) is 58.8 Å². The maximum Gasteiger partial charge on any atom is 0.491 e. The van der Waals surface area contributed by atoms with Gasteiger partial charge in [0.15, 0.2) is 0 Å². The largest absolute Gasteiger partial charge is 0.491 e. The Balaban J connectivity index is 1.49. The Morgan fingerprint density at radius 1 is 0.872 bits per heavy atom. The van der Waals surface area contributed by atoms with Crippen LogP contribution in [0.5, 0.6) is 0 Å².